The molecule has 100 valence electrons. The molecular formula is C12H15F2NO3. The number of carbonyl (C=O) groups is 1. The monoisotopic (exact) mass is 259 g/mol. The van der Waals surface area contributed by atoms with Crippen molar-refractivity contribution in [3.63, 3.8) is 0 Å². The second-order valence-electron chi connectivity index (χ2n) is 3.83. The Hall–Kier alpha value is -1.69. The number of halogens is 2. The standard InChI is InChI=1S/C12H15F2NO3/c1-15(7-12(16)18-3)6-8-4-10(14)11(17-2)5-9(8)13/h4-5H,6-7H2,1-3H3. The van der Waals surface area contributed by atoms with E-state index in [-0.39, 0.29) is 24.4 Å². The van der Waals surface area contributed by atoms with Crippen LogP contribution < -0.4 is 4.74 Å². The minimum atomic E-state index is -0.639. The van der Waals surface area contributed by atoms with Crippen molar-refractivity contribution in [1.82, 2.24) is 4.90 Å². The van der Waals surface area contributed by atoms with E-state index in [9.17, 15) is 13.6 Å². The van der Waals surface area contributed by atoms with Crippen molar-refractivity contribution in [2.24, 2.45) is 0 Å². The summed E-state index contributed by atoms with van der Waals surface area (Å²) in [7, 11) is 4.14. The summed E-state index contributed by atoms with van der Waals surface area (Å²) in [5.41, 5.74) is 0.153. The minimum Gasteiger partial charge on any atom is -0.494 e. The van der Waals surface area contributed by atoms with Gasteiger partial charge in [0.05, 0.1) is 20.8 Å². The van der Waals surface area contributed by atoms with E-state index in [0.29, 0.717) is 0 Å². The molecule has 1 aromatic rings. The number of methoxy groups -OCH3 is 2. The maximum atomic E-state index is 13.6. The van der Waals surface area contributed by atoms with Gasteiger partial charge in [0.2, 0.25) is 0 Å². The van der Waals surface area contributed by atoms with E-state index in [1.807, 2.05) is 0 Å². The van der Waals surface area contributed by atoms with Crippen LogP contribution in [0.3, 0.4) is 0 Å². The van der Waals surface area contributed by atoms with Crippen LogP contribution in [-0.2, 0) is 16.1 Å². The summed E-state index contributed by atoms with van der Waals surface area (Å²) in [4.78, 5) is 12.5. The van der Waals surface area contributed by atoms with Crippen molar-refractivity contribution in [3.05, 3.63) is 29.3 Å². The zero-order valence-corrected chi connectivity index (χ0v) is 10.5. The predicted molar refractivity (Wildman–Crippen MR) is 61.3 cm³/mol. The molecule has 0 fully saturated rings. The lowest BCUT2D eigenvalue weighted by atomic mass is 10.2. The summed E-state index contributed by atoms with van der Waals surface area (Å²) in [6.45, 7) is 0.103. The molecule has 18 heavy (non-hydrogen) atoms. The summed E-state index contributed by atoms with van der Waals surface area (Å²) in [6, 6.07) is 2.04. The van der Waals surface area contributed by atoms with E-state index < -0.39 is 17.6 Å². The number of ether oxygens (including phenoxy) is 2. The summed E-state index contributed by atoms with van der Waals surface area (Å²) in [5, 5.41) is 0. The van der Waals surface area contributed by atoms with Crippen LogP contribution in [0.5, 0.6) is 5.75 Å². The van der Waals surface area contributed by atoms with Crippen molar-refractivity contribution in [1.29, 1.82) is 0 Å². The number of nitrogens with zero attached hydrogens (tertiary/aromatic N) is 1. The first-order chi connectivity index (χ1) is 8.47. The maximum Gasteiger partial charge on any atom is 0.319 e. The van der Waals surface area contributed by atoms with Crippen molar-refractivity contribution in [3.8, 4) is 5.75 Å². The average molecular weight is 259 g/mol. The zero-order chi connectivity index (χ0) is 13.7. The minimum absolute atomic E-state index is 0.00356. The Bertz CT molecular complexity index is 438. The molecule has 0 aliphatic carbocycles. The number of esters is 1. The molecule has 0 unspecified atom stereocenters. The molecule has 0 bridgehead atoms. The van der Waals surface area contributed by atoms with Gasteiger partial charge >= 0.3 is 5.97 Å². The first-order valence-electron chi connectivity index (χ1n) is 5.25. The highest BCUT2D eigenvalue weighted by Gasteiger charge is 2.13. The normalized spacial score (nSPS) is 10.6. The fourth-order valence-electron chi connectivity index (χ4n) is 1.48. The second kappa shape index (κ2) is 6.30. The molecule has 6 heteroatoms. The number of carbonyl (C=O) groups excluding carboxylic acids is 1. The highest BCUT2D eigenvalue weighted by atomic mass is 19.1. The highest BCUT2D eigenvalue weighted by Crippen LogP contribution is 2.21. The van der Waals surface area contributed by atoms with Gasteiger partial charge in [0.25, 0.3) is 0 Å². The van der Waals surface area contributed by atoms with Gasteiger partial charge in [0.1, 0.15) is 5.82 Å². The highest BCUT2D eigenvalue weighted by molar-refractivity contribution is 5.71. The van der Waals surface area contributed by atoms with Gasteiger partial charge in [-0.1, -0.05) is 0 Å². The van der Waals surface area contributed by atoms with E-state index in [4.69, 9.17) is 0 Å². The molecule has 0 N–H and O–H groups in total. The molecule has 1 rings (SSSR count). The number of likely N-dealkylation sites (N-methyl/N-ethyl adjacent to an activating group) is 1. The Morgan fingerprint density at radius 1 is 1.28 bits per heavy atom. The van der Waals surface area contributed by atoms with Crippen LogP contribution in [0.1, 0.15) is 5.56 Å². The van der Waals surface area contributed by atoms with Gasteiger partial charge in [-0.05, 0) is 13.1 Å². The molecule has 0 atom stereocenters. The molecule has 1 aromatic carbocycles. The smallest absolute Gasteiger partial charge is 0.319 e. The molecule has 0 spiro atoms. The van der Waals surface area contributed by atoms with Gasteiger partial charge in [-0.3, -0.25) is 9.69 Å². The zero-order valence-electron chi connectivity index (χ0n) is 10.5. The molecule has 0 saturated carbocycles. The molecular weight excluding hydrogens is 244 g/mol. The third-order valence-electron chi connectivity index (χ3n) is 2.39. The van der Waals surface area contributed by atoms with E-state index in [1.165, 1.54) is 19.1 Å². The van der Waals surface area contributed by atoms with Crippen molar-refractivity contribution < 1.29 is 23.0 Å². The molecule has 0 radical (unpaired) electrons. The molecule has 0 aliphatic heterocycles. The first-order valence-corrected chi connectivity index (χ1v) is 5.25. The number of hydrogen-bond donors (Lipinski definition) is 0. The lowest BCUT2D eigenvalue weighted by molar-refractivity contribution is -0.141. The van der Waals surface area contributed by atoms with E-state index in [1.54, 1.807) is 7.05 Å². The molecule has 0 aliphatic rings. The lowest BCUT2D eigenvalue weighted by Crippen LogP contribution is -2.26. The molecule has 0 aromatic heterocycles. The molecule has 0 heterocycles. The Morgan fingerprint density at radius 2 is 1.94 bits per heavy atom. The topological polar surface area (TPSA) is 38.8 Å². The quantitative estimate of drug-likeness (QED) is 0.752. The Morgan fingerprint density at radius 3 is 2.50 bits per heavy atom. The third kappa shape index (κ3) is 3.66. The molecule has 0 saturated heterocycles. The Labute approximate surface area is 104 Å². The fourth-order valence-corrected chi connectivity index (χ4v) is 1.48. The van der Waals surface area contributed by atoms with Crippen LogP contribution in [0, 0.1) is 11.6 Å². The first kappa shape index (κ1) is 14.4. The number of benzene rings is 1. The predicted octanol–water partition coefficient (Wildman–Crippen LogP) is 1.58. The van der Waals surface area contributed by atoms with Gasteiger partial charge in [0, 0.05) is 18.2 Å². The SMILES string of the molecule is COC(=O)CN(C)Cc1cc(F)c(OC)cc1F. The van der Waals surface area contributed by atoms with Crippen LogP contribution in [0.4, 0.5) is 8.78 Å². The van der Waals surface area contributed by atoms with Gasteiger partial charge < -0.3 is 9.47 Å². The van der Waals surface area contributed by atoms with Crippen molar-refractivity contribution in [2.45, 2.75) is 6.54 Å². The van der Waals surface area contributed by atoms with Crippen LogP contribution >= 0.6 is 0 Å². The third-order valence-corrected chi connectivity index (χ3v) is 2.39. The van der Waals surface area contributed by atoms with Crippen LogP contribution in [0.2, 0.25) is 0 Å². The summed E-state index contributed by atoms with van der Waals surface area (Å²) in [5.74, 6) is -1.80. The fraction of sp³-hybridized carbons (Fsp3) is 0.417. The maximum absolute atomic E-state index is 13.6. The van der Waals surface area contributed by atoms with E-state index in [2.05, 4.69) is 9.47 Å². The van der Waals surface area contributed by atoms with E-state index >= 15 is 0 Å². The van der Waals surface area contributed by atoms with Crippen LogP contribution in [0.15, 0.2) is 12.1 Å². The Kier molecular flexibility index (Phi) is 5.03. The van der Waals surface area contributed by atoms with Gasteiger partial charge in [-0.25, -0.2) is 8.78 Å². The van der Waals surface area contributed by atoms with Crippen molar-refractivity contribution >= 4 is 5.97 Å². The molecule has 4 nitrogen and oxygen atoms in total. The van der Waals surface area contributed by atoms with Gasteiger partial charge in [-0.2, -0.15) is 0 Å². The summed E-state index contributed by atoms with van der Waals surface area (Å²) < 4.78 is 36.2. The number of rotatable bonds is 5. The number of hydrogen-bond acceptors (Lipinski definition) is 4. The van der Waals surface area contributed by atoms with Gasteiger partial charge in [-0.15, -0.1) is 0 Å². The summed E-state index contributed by atoms with van der Waals surface area (Å²) in [6.07, 6.45) is 0. The Balaban J connectivity index is 2.78. The van der Waals surface area contributed by atoms with Crippen molar-refractivity contribution in [2.75, 3.05) is 27.8 Å². The lowest BCUT2D eigenvalue weighted by Gasteiger charge is -2.16. The van der Waals surface area contributed by atoms with Gasteiger partial charge in [0.15, 0.2) is 11.6 Å². The van der Waals surface area contributed by atoms with Crippen LogP contribution in [-0.4, -0.2) is 38.7 Å². The second-order valence-corrected chi connectivity index (χ2v) is 3.83. The summed E-state index contributed by atoms with van der Waals surface area (Å²) >= 11 is 0. The van der Waals surface area contributed by atoms with Crippen LogP contribution in [0.25, 0.3) is 0 Å². The largest absolute Gasteiger partial charge is 0.494 e. The van der Waals surface area contributed by atoms with E-state index in [0.717, 1.165) is 12.1 Å². The molecule has 0 amide bonds. The average Bonchev–Trinajstić information content (AvgIpc) is 2.33.